The summed E-state index contributed by atoms with van der Waals surface area (Å²) in [4.78, 5) is 12.3. The SMILES string of the molecule is CCNC(=O)CCc1cccs1. The van der Waals surface area contributed by atoms with Crippen molar-refractivity contribution in [2.75, 3.05) is 6.54 Å². The van der Waals surface area contributed by atoms with Crippen LogP contribution in [0.1, 0.15) is 18.2 Å². The van der Waals surface area contributed by atoms with E-state index in [0.717, 1.165) is 13.0 Å². The lowest BCUT2D eigenvalue weighted by atomic mass is 10.2. The van der Waals surface area contributed by atoms with Crippen molar-refractivity contribution < 1.29 is 4.79 Å². The van der Waals surface area contributed by atoms with Gasteiger partial charge in [-0.25, -0.2) is 0 Å². The first kappa shape index (κ1) is 9.26. The lowest BCUT2D eigenvalue weighted by molar-refractivity contribution is -0.120. The van der Waals surface area contributed by atoms with E-state index in [1.165, 1.54) is 4.88 Å². The minimum Gasteiger partial charge on any atom is -0.356 e. The van der Waals surface area contributed by atoms with Gasteiger partial charge in [-0.2, -0.15) is 0 Å². The molecule has 12 heavy (non-hydrogen) atoms. The topological polar surface area (TPSA) is 29.1 Å². The molecule has 0 aliphatic heterocycles. The van der Waals surface area contributed by atoms with E-state index in [9.17, 15) is 4.79 Å². The molecular weight excluding hydrogens is 170 g/mol. The second kappa shape index (κ2) is 4.93. The first-order chi connectivity index (χ1) is 5.83. The molecule has 1 amide bonds. The van der Waals surface area contributed by atoms with E-state index >= 15 is 0 Å². The van der Waals surface area contributed by atoms with Crippen molar-refractivity contribution in [2.24, 2.45) is 0 Å². The van der Waals surface area contributed by atoms with Gasteiger partial charge in [-0.3, -0.25) is 4.79 Å². The second-order valence-corrected chi connectivity index (χ2v) is 3.57. The molecule has 0 saturated carbocycles. The number of carbonyl (C=O) groups is 1. The van der Waals surface area contributed by atoms with E-state index in [-0.39, 0.29) is 5.91 Å². The fraction of sp³-hybridized carbons (Fsp3) is 0.444. The highest BCUT2D eigenvalue weighted by atomic mass is 32.1. The summed E-state index contributed by atoms with van der Waals surface area (Å²) >= 11 is 1.70. The molecule has 1 aromatic heterocycles. The normalized spacial score (nSPS) is 9.75. The van der Waals surface area contributed by atoms with Gasteiger partial charge in [0.1, 0.15) is 0 Å². The van der Waals surface area contributed by atoms with Crippen LogP contribution >= 0.6 is 11.3 Å². The van der Waals surface area contributed by atoms with Crippen LogP contribution in [0, 0.1) is 0 Å². The summed E-state index contributed by atoms with van der Waals surface area (Å²) in [5.74, 6) is 0.144. The molecule has 0 aliphatic carbocycles. The molecule has 0 saturated heterocycles. The Morgan fingerprint density at radius 1 is 1.67 bits per heavy atom. The van der Waals surface area contributed by atoms with Gasteiger partial charge >= 0.3 is 0 Å². The first-order valence-corrected chi connectivity index (χ1v) is 5.00. The standard InChI is InChI=1S/C9H13NOS/c1-2-10-9(11)6-5-8-4-3-7-12-8/h3-4,7H,2,5-6H2,1H3,(H,10,11). The molecule has 2 nitrogen and oxygen atoms in total. The van der Waals surface area contributed by atoms with Crippen molar-refractivity contribution in [2.45, 2.75) is 19.8 Å². The number of hydrogen-bond acceptors (Lipinski definition) is 2. The number of nitrogens with one attached hydrogen (secondary N) is 1. The van der Waals surface area contributed by atoms with E-state index in [2.05, 4.69) is 11.4 Å². The fourth-order valence-electron chi connectivity index (χ4n) is 0.977. The van der Waals surface area contributed by atoms with E-state index in [1.807, 2.05) is 18.4 Å². The summed E-state index contributed by atoms with van der Waals surface area (Å²) in [6.07, 6.45) is 1.47. The van der Waals surface area contributed by atoms with Crippen molar-refractivity contribution in [3.8, 4) is 0 Å². The zero-order valence-electron chi connectivity index (χ0n) is 7.17. The molecule has 1 rings (SSSR count). The molecule has 0 spiro atoms. The highest BCUT2D eigenvalue weighted by Crippen LogP contribution is 2.10. The second-order valence-electron chi connectivity index (χ2n) is 2.53. The quantitative estimate of drug-likeness (QED) is 0.758. The van der Waals surface area contributed by atoms with E-state index < -0.39 is 0 Å². The van der Waals surface area contributed by atoms with Crippen molar-refractivity contribution in [1.82, 2.24) is 5.32 Å². The van der Waals surface area contributed by atoms with Crippen LogP contribution in [-0.2, 0) is 11.2 Å². The highest BCUT2D eigenvalue weighted by molar-refractivity contribution is 7.09. The number of amides is 1. The first-order valence-electron chi connectivity index (χ1n) is 4.12. The molecule has 0 fully saturated rings. The number of hydrogen-bond donors (Lipinski definition) is 1. The predicted octanol–water partition coefficient (Wildman–Crippen LogP) is 1.82. The largest absolute Gasteiger partial charge is 0.356 e. The summed E-state index contributed by atoms with van der Waals surface area (Å²) in [5.41, 5.74) is 0. The maximum Gasteiger partial charge on any atom is 0.220 e. The smallest absolute Gasteiger partial charge is 0.220 e. The number of thiophene rings is 1. The summed E-state index contributed by atoms with van der Waals surface area (Å²) in [6, 6.07) is 4.07. The van der Waals surface area contributed by atoms with Gasteiger partial charge in [0, 0.05) is 17.8 Å². The molecule has 0 aromatic carbocycles. The van der Waals surface area contributed by atoms with Crippen LogP contribution in [-0.4, -0.2) is 12.5 Å². The molecule has 1 heterocycles. The van der Waals surface area contributed by atoms with Crippen molar-refractivity contribution >= 4 is 17.2 Å². The van der Waals surface area contributed by atoms with Gasteiger partial charge in [0.25, 0.3) is 0 Å². The van der Waals surface area contributed by atoms with Crippen molar-refractivity contribution in [3.63, 3.8) is 0 Å². The van der Waals surface area contributed by atoms with Gasteiger partial charge in [0.15, 0.2) is 0 Å². The van der Waals surface area contributed by atoms with Gasteiger partial charge in [-0.1, -0.05) is 6.07 Å². The number of aryl methyl sites for hydroxylation is 1. The highest BCUT2D eigenvalue weighted by Gasteiger charge is 2.00. The molecule has 0 radical (unpaired) electrons. The van der Waals surface area contributed by atoms with Crippen molar-refractivity contribution in [1.29, 1.82) is 0 Å². The molecule has 66 valence electrons. The third-order valence-electron chi connectivity index (χ3n) is 1.55. The summed E-state index contributed by atoms with van der Waals surface area (Å²) in [5, 5.41) is 4.81. The Morgan fingerprint density at radius 3 is 3.08 bits per heavy atom. The zero-order chi connectivity index (χ0) is 8.81. The Kier molecular flexibility index (Phi) is 3.80. The Bertz CT molecular complexity index is 231. The molecule has 0 unspecified atom stereocenters. The molecule has 3 heteroatoms. The lowest BCUT2D eigenvalue weighted by Gasteiger charge is -1.99. The van der Waals surface area contributed by atoms with Crippen LogP contribution in [0.3, 0.4) is 0 Å². The van der Waals surface area contributed by atoms with Gasteiger partial charge in [0.05, 0.1) is 0 Å². The molecular formula is C9H13NOS. The van der Waals surface area contributed by atoms with Crippen molar-refractivity contribution in [3.05, 3.63) is 22.4 Å². The third-order valence-corrected chi connectivity index (χ3v) is 2.49. The average Bonchev–Trinajstić information content (AvgIpc) is 2.53. The van der Waals surface area contributed by atoms with Crippen LogP contribution < -0.4 is 5.32 Å². The maximum atomic E-state index is 11.0. The van der Waals surface area contributed by atoms with Gasteiger partial charge < -0.3 is 5.32 Å². The lowest BCUT2D eigenvalue weighted by Crippen LogP contribution is -2.22. The van der Waals surface area contributed by atoms with E-state index in [4.69, 9.17) is 0 Å². The third kappa shape index (κ3) is 3.05. The van der Waals surface area contributed by atoms with Crippen LogP contribution in [0.25, 0.3) is 0 Å². The van der Waals surface area contributed by atoms with Crippen LogP contribution in [0.2, 0.25) is 0 Å². The Labute approximate surface area is 76.6 Å². The van der Waals surface area contributed by atoms with E-state index in [0.29, 0.717) is 6.42 Å². The fourth-order valence-corrected chi connectivity index (χ4v) is 1.69. The van der Waals surface area contributed by atoms with Gasteiger partial charge in [-0.05, 0) is 24.8 Å². The van der Waals surface area contributed by atoms with Crippen LogP contribution in [0.4, 0.5) is 0 Å². The monoisotopic (exact) mass is 183 g/mol. The Balaban J connectivity index is 2.22. The molecule has 0 aliphatic rings. The number of carbonyl (C=O) groups excluding carboxylic acids is 1. The molecule has 0 bridgehead atoms. The van der Waals surface area contributed by atoms with Gasteiger partial charge in [-0.15, -0.1) is 11.3 Å². The minimum absolute atomic E-state index is 0.144. The van der Waals surface area contributed by atoms with E-state index in [1.54, 1.807) is 11.3 Å². The van der Waals surface area contributed by atoms with Crippen LogP contribution in [0.15, 0.2) is 17.5 Å². The number of rotatable bonds is 4. The Hall–Kier alpha value is -0.830. The molecule has 1 N–H and O–H groups in total. The molecule has 1 aromatic rings. The average molecular weight is 183 g/mol. The Morgan fingerprint density at radius 2 is 2.50 bits per heavy atom. The maximum absolute atomic E-state index is 11.0. The molecule has 0 atom stereocenters. The zero-order valence-corrected chi connectivity index (χ0v) is 7.99. The summed E-state index contributed by atoms with van der Waals surface area (Å²) < 4.78 is 0. The minimum atomic E-state index is 0.144. The van der Waals surface area contributed by atoms with Gasteiger partial charge in [0.2, 0.25) is 5.91 Å². The van der Waals surface area contributed by atoms with Crippen LogP contribution in [0.5, 0.6) is 0 Å². The summed E-state index contributed by atoms with van der Waals surface area (Å²) in [7, 11) is 0. The predicted molar refractivity (Wildman–Crippen MR) is 51.3 cm³/mol. The summed E-state index contributed by atoms with van der Waals surface area (Å²) in [6.45, 7) is 2.66.